The molecule has 0 saturated carbocycles. The van der Waals surface area contributed by atoms with Crippen molar-refractivity contribution in [3.63, 3.8) is 0 Å². The number of benzene rings is 2. The molecule has 34 heavy (non-hydrogen) atoms. The first-order valence-electron chi connectivity index (χ1n) is 14.0. The van der Waals surface area contributed by atoms with Crippen LogP contribution in [0.15, 0.2) is 77.7 Å². The molecule has 8 heteroatoms. The number of hydrogen-bond acceptors (Lipinski definition) is 5. The Labute approximate surface area is 212 Å². The Balaban J connectivity index is 1.28. The highest BCUT2D eigenvalue weighted by Crippen LogP contribution is 2.30. The van der Waals surface area contributed by atoms with Crippen molar-refractivity contribution in [2.75, 3.05) is 37.6 Å². The van der Waals surface area contributed by atoms with Crippen LogP contribution in [0.5, 0.6) is 5.75 Å². The van der Waals surface area contributed by atoms with E-state index in [1.165, 1.54) is 17.2 Å². The zero-order valence-electron chi connectivity index (χ0n) is 24.4. The zero-order valence-corrected chi connectivity index (χ0v) is 19.2. The fourth-order valence-electron chi connectivity index (χ4n) is 3.77. The molecule has 7 nitrogen and oxygen atoms in total. The van der Waals surface area contributed by atoms with Crippen molar-refractivity contribution in [3.8, 4) is 5.75 Å². The molecule has 0 N–H and O–H groups in total. The summed E-state index contributed by atoms with van der Waals surface area (Å²) in [6.45, 7) is -4.52. The number of nitrogens with zero attached hydrogens (tertiary/aromatic N) is 5. The number of aryl methyl sites for hydroxylation is 1. The molecule has 0 aliphatic carbocycles. The number of rotatable bonds is 8. The highest BCUT2D eigenvalue weighted by atomic mass is 35.5. The van der Waals surface area contributed by atoms with Gasteiger partial charge in [-0.2, -0.15) is 0 Å². The molecule has 4 aromatic rings. The zero-order chi connectivity index (χ0) is 28.7. The van der Waals surface area contributed by atoms with Crippen LogP contribution < -0.4 is 15.3 Å². The lowest BCUT2D eigenvalue weighted by molar-refractivity contribution is 0.248. The van der Waals surface area contributed by atoms with Gasteiger partial charge in [-0.25, -0.2) is 9.48 Å². The predicted molar refractivity (Wildman–Crippen MR) is 135 cm³/mol. The fourth-order valence-corrected chi connectivity index (χ4v) is 4.00. The summed E-state index contributed by atoms with van der Waals surface area (Å²) < 4.78 is 58.8. The van der Waals surface area contributed by atoms with E-state index in [4.69, 9.17) is 24.6 Å². The first kappa shape index (κ1) is 16.4. The number of aromatic nitrogens is 3. The molecule has 176 valence electrons. The third kappa shape index (κ3) is 5.11. The van der Waals surface area contributed by atoms with Gasteiger partial charge in [-0.1, -0.05) is 48.0 Å². The minimum Gasteiger partial charge on any atom is -0.487 e. The van der Waals surface area contributed by atoms with Gasteiger partial charge in [0.05, 0.1) is 7.76 Å². The average Bonchev–Trinajstić information content (AvgIpc) is 3.30. The normalized spacial score (nSPS) is 18.4. The van der Waals surface area contributed by atoms with E-state index in [0.717, 1.165) is 15.7 Å². The summed E-state index contributed by atoms with van der Waals surface area (Å²) in [6, 6.07) is 19.8. The predicted octanol–water partition coefficient (Wildman–Crippen LogP) is 3.94. The van der Waals surface area contributed by atoms with Crippen molar-refractivity contribution in [1.82, 2.24) is 19.1 Å². The molecule has 1 saturated heterocycles. The second-order valence-corrected chi connectivity index (χ2v) is 8.24. The lowest BCUT2D eigenvalue weighted by Crippen LogP contribution is -2.46. The second-order valence-electron chi connectivity index (χ2n) is 7.83. The topological polar surface area (TPSA) is 55.0 Å². The average molecular weight is 484 g/mol. The SMILES string of the molecule is [2H]C([2H])(N1CCN(c2ccc(OCc3ccccc3)c(Cl)c2)CC1)C([2H])([2H])C([2H])([2H])n1nc2ccccn2c1=O. The minimum absolute atomic E-state index is 0.118. The van der Waals surface area contributed by atoms with Crippen molar-refractivity contribution in [2.45, 2.75) is 19.5 Å². The van der Waals surface area contributed by atoms with Crippen LogP contribution in [0.25, 0.3) is 5.65 Å². The molecule has 2 aromatic carbocycles. The van der Waals surface area contributed by atoms with Gasteiger partial charge in [0.2, 0.25) is 0 Å². The molecule has 3 heterocycles. The number of anilines is 1. The molecule has 2 aromatic heterocycles. The number of piperazine rings is 1. The van der Waals surface area contributed by atoms with Crippen LogP contribution in [-0.4, -0.2) is 51.8 Å². The van der Waals surface area contributed by atoms with E-state index in [9.17, 15) is 4.79 Å². The summed E-state index contributed by atoms with van der Waals surface area (Å²) in [5, 5.41) is 4.38. The second kappa shape index (κ2) is 10.3. The first-order valence-corrected chi connectivity index (χ1v) is 11.3. The van der Waals surface area contributed by atoms with Crippen molar-refractivity contribution in [3.05, 3.63) is 94.0 Å². The summed E-state index contributed by atoms with van der Waals surface area (Å²) >= 11 is 6.48. The summed E-state index contributed by atoms with van der Waals surface area (Å²) in [6.07, 6.45) is -1.74. The smallest absolute Gasteiger partial charge is 0.350 e. The number of pyridine rings is 1. The van der Waals surface area contributed by atoms with Gasteiger partial charge < -0.3 is 9.64 Å². The molecule has 1 aliphatic rings. The Bertz CT molecular complexity index is 1550. The van der Waals surface area contributed by atoms with E-state index in [1.54, 1.807) is 24.3 Å². The van der Waals surface area contributed by atoms with Crippen molar-refractivity contribution >= 4 is 22.9 Å². The largest absolute Gasteiger partial charge is 0.487 e. The molecule has 0 atom stereocenters. The van der Waals surface area contributed by atoms with E-state index in [2.05, 4.69) is 5.10 Å². The standard InChI is InChI=1S/C26H28ClN5O2/c27-23-19-22(10-11-24(23)34-20-21-7-2-1-3-8-21)30-17-15-29(16-18-30)12-6-14-32-26(33)31-13-5-4-9-25(31)28-32/h1-5,7-11,13,19H,6,12,14-18,20H2/i6D2,12D2,14D2. The summed E-state index contributed by atoms with van der Waals surface area (Å²) in [5.74, 6) is 0.543. The monoisotopic (exact) mass is 483 g/mol. The maximum atomic E-state index is 12.8. The molecule has 1 aliphatic heterocycles. The Morgan fingerprint density at radius 2 is 1.76 bits per heavy atom. The van der Waals surface area contributed by atoms with E-state index in [-0.39, 0.29) is 18.7 Å². The van der Waals surface area contributed by atoms with E-state index in [0.29, 0.717) is 35.2 Å². The van der Waals surface area contributed by atoms with Gasteiger partial charge in [0.15, 0.2) is 5.65 Å². The lowest BCUT2D eigenvalue weighted by atomic mass is 10.2. The van der Waals surface area contributed by atoms with Gasteiger partial charge >= 0.3 is 5.69 Å². The van der Waals surface area contributed by atoms with Gasteiger partial charge in [-0.3, -0.25) is 9.30 Å². The van der Waals surface area contributed by atoms with Crippen LogP contribution >= 0.6 is 11.6 Å². The Morgan fingerprint density at radius 1 is 0.971 bits per heavy atom. The van der Waals surface area contributed by atoms with Crippen LogP contribution in [0.3, 0.4) is 0 Å². The van der Waals surface area contributed by atoms with Crippen molar-refractivity contribution in [2.24, 2.45) is 0 Å². The molecule has 0 radical (unpaired) electrons. The molecule has 1 fully saturated rings. The van der Waals surface area contributed by atoms with Crippen LogP contribution in [0, 0.1) is 0 Å². The number of halogens is 1. The third-order valence-electron chi connectivity index (χ3n) is 5.60. The first-order chi connectivity index (χ1) is 18.9. The minimum atomic E-state index is -3.13. The van der Waals surface area contributed by atoms with E-state index >= 15 is 0 Å². The summed E-state index contributed by atoms with van der Waals surface area (Å²) in [4.78, 5) is 16.0. The van der Waals surface area contributed by atoms with Gasteiger partial charge in [-0.05, 0) is 42.3 Å². The third-order valence-corrected chi connectivity index (χ3v) is 5.90. The molecule has 5 rings (SSSR count). The number of ether oxygens (including phenoxy) is 1. The van der Waals surface area contributed by atoms with Crippen LogP contribution in [0.1, 0.15) is 20.2 Å². The maximum absolute atomic E-state index is 12.8. The van der Waals surface area contributed by atoms with E-state index < -0.39 is 25.1 Å². The molecular weight excluding hydrogens is 450 g/mol. The molecule has 0 amide bonds. The van der Waals surface area contributed by atoms with Gasteiger partial charge in [0, 0.05) is 56.5 Å². The summed E-state index contributed by atoms with van der Waals surface area (Å²) in [7, 11) is 0. The van der Waals surface area contributed by atoms with Crippen molar-refractivity contribution in [1.29, 1.82) is 0 Å². The quantitative estimate of drug-likeness (QED) is 0.380. The van der Waals surface area contributed by atoms with Gasteiger partial charge in [-0.15, -0.1) is 5.10 Å². The number of fused-ring (bicyclic) bond motifs is 1. The summed E-state index contributed by atoms with van der Waals surface area (Å²) in [5.41, 5.74) is 1.07. The fraction of sp³-hybridized carbons (Fsp3) is 0.308. The van der Waals surface area contributed by atoms with Gasteiger partial charge in [0.25, 0.3) is 0 Å². The molecule has 0 spiro atoms. The number of hydrogen-bond donors (Lipinski definition) is 0. The Kier molecular flexibility index (Phi) is 4.97. The maximum Gasteiger partial charge on any atom is 0.350 e. The molecule has 0 unspecified atom stereocenters. The molecule has 0 bridgehead atoms. The molecular formula is C26H28ClN5O2. The Morgan fingerprint density at radius 3 is 2.53 bits per heavy atom. The highest BCUT2D eigenvalue weighted by molar-refractivity contribution is 6.32. The van der Waals surface area contributed by atoms with E-state index in [1.807, 2.05) is 41.3 Å². The Hall–Kier alpha value is -3.29. The van der Waals surface area contributed by atoms with Gasteiger partial charge in [0.1, 0.15) is 12.4 Å². The highest BCUT2D eigenvalue weighted by Gasteiger charge is 2.18. The van der Waals surface area contributed by atoms with Crippen LogP contribution in [0.2, 0.25) is 5.02 Å². The van der Waals surface area contributed by atoms with Crippen LogP contribution in [-0.2, 0) is 13.1 Å². The van der Waals surface area contributed by atoms with Crippen molar-refractivity contribution < 1.29 is 13.0 Å². The lowest BCUT2D eigenvalue weighted by Gasteiger charge is -2.36. The van der Waals surface area contributed by atoms with Crippen LogP contribution in [0.4, 0.5) is 5.69 Å².